The molecule has 0 saturated carbocycles. The highest BCUT2D eigenvalue weighted by molar-refractivity contribution is 6.30. The van der Waals surface area contributed by atoms with Gasteiger partial charge in [-0.1, -0.05) is 23.7 Å². The fraction of sp³-hybridized carbons (Fsp3) is 0.400. The largest absolute Gasteiger partial charge is 0.368 e. The number of ether oxygens (including phenoxy) is 1. The van der Waals surface area contributed by atoms with Crippen molar-refractivity contribution in [2.45, 2.75) is 25.2 Å². The molecule has 1 heterocycles. The molecular weight excluding hydrogens is 188 g/mol. The molecule has 2 nitrogen and oxygen atoms in total. The summed E-state index contributed by atoms with van der Waals surface area (Å²) in [7, 11) is 0. The molecule has 70 valence electrons. The lowest BCUT2D eigenvalue weighted by atomic mass is 10.1. The zero-order valence-electron chi connectivity index (χ0n) is 7.11. The van der Waals surface area contributed by atoms with Gasteiger partial charge in [-0.2, -0.15) is 0 Å². The maximum atomic E-state index is 9.17. The lowest BCUT2D eigenvalue weighted by molar-refractivity contribution is -0.0913. The van der Waals surface area contributed by atoms with E-state index in [-0.39, 0.29) is 6.10 Å². The SMILES string of the molecule is OC1CCC(c2cccc(Cl)c2)O1. The van der Waals surface area contributed by atoms with Crippen molar-refractivity contribution in [2.24, 2.45) is 0 Å². The first-order valence-corrected chi connectivity index (χ1v) is 4.72. The van der Waals surface area contributed by atoms with Gasteiger partial charge in [0.1, 0.15) is 0 Å². The third kappa shape index (κ3) is 2.02. The summed E-state index contributed by atoms with van der Waals surface area (Å²) < 4.78 is 5.30. The van der Waals surface area contributed by atoms with Crippen molar-refractivity contribution >= 4 is 11.6 Å². The van der Waals surface area contributed by atoms with E-state index >= 15 is 0 Å². The Kier molecular flexibility index (Phi) is 2.54. The number of aliphatic hydroxyl groups is 1. The average Bonchev–Trinajstić information content (AvgIpc) is 2.52. The molecule has 0 bridgehead atoms. The summed E-state index contributed by atoms with van der Waals surface area (Å²) in [4.78, 5) is 0. The number of benzene rings is 1. The second kappa shape index (κ2) is 3.66. The molecule has 2 unspecified atom stereocenters. The van der Waals surface area contributed by atoms with Crippen LogP contribution in [0.2, 0.25) is 5.02 Å². The molecule has 1 saturated heterocycles. The molecule has 0 aliphatic carbocycles. The quantitative estimate of drug-likeness (QED) is 0.752. The molecule has 1 aromatic rings. The third-order valence-corrected chi connectivity index (χ3v) is 2.45. The van der Waals surface area contributed by atoms with Crippen LogP contribution in [0.3, 0.4) is 0 Å². The van der Waals surface area contributed by atoms with E-state index in [4.69, 9.17) is 16.3 Å². The van der Waals surface area contributed by atoms with Crippen LogP contribution in [0.25, 0.3) is 0 Å². The van der Waals surface area contributed by atoms with E-state index in [1.165, 1.54) is 0 Å². The van der Waals surface area contributed by atoms with Gasteiger partial charge in [-0.15, -0.1) is 0 Å². The van der Waals surface area contributed by atoms with Gasteiger partial charge in [0.05, 0.1) is 6.10 Å². The molecule has 1 aliphatic rings. The first-order chi connectivity index (χ1) is 6.25. The van der Waals surface area contributed by atoms with Crippen molar-refractivity contribution in [2.75, 3.05) is 0 Å². The summed E-state index contributed by atoms with van der Waals surface area (Å²) in [5.41, 5.74) is 1.05. The van der Waals surface area contributed by atoms with Crippen LogP contribution in [-0.2, 0) is 4.74 Å². The van der Waals surface area contributed by atoms with E-state index in [1.807, 2.05) is 24.3 Å². The monoisotopic (exact) mass is 198 g/mol. The maximum Gasteiger partial charge on any atom is 0.155 e. The Morgan fingerprint density at radius 2 is 2.23 bits per heavy atom. The summed E-state index contributed by atoms with van der Waals surface area (Å²) in [5, 5.41) is 9.89. The Bertz CT molecular complexity index is 301. The predicted octanol–water partition coefficient (Wildman–Crippen LogP) is 2.51. The van der Waals surface area contributed by atoms with Crippen molar-refractivity contribution in [3.63, 3.8) is 0 Å². The smallest absolute Gasteiger partial charge is 0.155 e. The van der Waals surface area contributed by atoms with E-state index in [2.05, 4.69) is 0 Å². The fourth-order valence-corrected chi connectivity index (χ4v) is 1.77. The number of rotatable bonds is 1. The van der Waals surface area contributed by atoms with Crippen LogP contribution in [0.4, 0.5) is 0 Å². The van der Waals surface area contributed by atoms with Gasteiger partial charge in [0.2, 0.25) is 0 Å². The van der Waals surface area contributed by atoms with Crippen LogP contribution in [0.5, 0.6) is 0 Å². The second-order valence-electron chi connectivity index (χ2n) is 3.21. The normalized spacial score (nSPS) is 27.8. The van der Waals surface area contributed by atoms with Crippen LogP contribution in [-0.4, -0.2) is 11.4 Å². The molecule has 13 heavy (non-hydrogen) atoms. The van der Waals surface area contributed by atoms with Crippen molar-refractivity contribution in [3.05, 3.63) is 34.9 Å². The lowest BCUT2D eigenvalue weighted by Gasteiger charge is -2.10. The fourth-order valence-electron chi connectivity index (χ4n) is 1.57. The van der Waals surface area contributed by atoms with E-state index in [9.17, 15) is 5.11 Å². The van der Waals surface area contributed by atoms with Gasteiger partial charge in [-0.05, 0) is 24.1 Å². The Hall–Kier alpha value is -0.570. The molecule has 1 fully saturated rings. The van der Waals surface area contributed by atoms with Crippen molar-refractivity contribution in [1.82, 2.24) is 0 Å². The van der Waals surface area contributed by atoms with Crippen LogP contribution in [0, 0.1) is 0 Å². The van der Waals surface area contributed by atoms with E-state index in [0.29, 0.717) is 11.4 Å². The van der Waals surface area contributed by atoms with Gasteiger partial charge < -0.3 is 9.84 Å². The van der Waals surface area contributed by atoms with Gasteiger partial charge in [-0.3, -0.25) is 0 Å². The van der Waals surface area contributed by atoms with E-state index in [0.717, 1.165) is 12.0 Å². The standard InChI is InChI=1S/C10H11ClO2/c11-8-3-1-2-7(6-8)9-4-5-10(12)13-9/h1-3,6,9-10,12H,4-5H2. The number of halogens is 1. The molecule has 1 aromatic carbocycles. The molecule has 0 radical (unpaired) electrons. The second-order valence-corrected chi connectivity index (χ2v) is 3.65. The van der Waals surface area contributed by atoms with E-state index in [1.54, 1.807) is 0 Å². The minimum absolute atomic E-state index is 0.00806. The molecule has 2 atom stereocenters. The summed E-state index contributed by atoms with van der Waals surface area (Å²) >= 11 is 5.84. The zero-order chi connectivity index (χ0) is 9.26. The van der Waals surface area contributed by atoms with Gasteiger partial charge in [0.15, 0.2) is 6.29 Å². The highest BCUT2D eigenvalue weighted by atomic mass is 35.5. The molecule has 0 spiro atoms. The Morgan fingerprint density at radius 3 is 2.85 bits per heavy atom. The number of aliphatic hydroxyl groups excluding tert-OH is 1. The van der Waals surface area contributed by atoms with Crippen LogP contribution >= 0.6 is 11.6 Å². The predicted molar refractivity (Wildman–Crippen MR) is 50.5 cm³/mol. The van der Waals surface area contributed by atoms with Crippen molar-refractivity contribution in [1.29, 1.82) is 0 Å². The summed E-state index contributed by atoms with van der Waals surface area (Å²) in [5.74, 6) is 0. The topological polar surface area (TPSA) is 29.5 Å². The van der Waals surface area contributed by atoms with Gasteiger partial charge in [0, 0.05) is 11.4 Å². The molecular formula is C10H11ClO2. The summed E-state index contributed by atoms with van der Waals surface area (Å²) in [6.45, 7) is 0. The minimum atomic E-state index is -0.607. The minimum Gasteiger partial charge on any atom is -0.368 e. The van der Waals surface area contributed by atoms with Gasteiger partial charge in [-0.25, -0.2) is 0 Å². The van der Waals surface area contributed by atoms with Gasteiger partial charge >= 0.3 is 0 Å². The Labute approximate surface area is 82.1 Å². The molecule has 1 aliphatic heterocycles. The van der Waals surface area contributed by atoms with E-state index < -0.39 is 6.29 Å². The Balaban J connectivity index is 2.16. The summed E-state index contributed by atoms with van der Waals surface area (Å²) in [6.07, 6.45) is 0.969. The van der Waals surface area contributed by atoms with Crippen LogP contribution < -0.4 is 0 Å². The zero-order valence-corrected chi connectivity index (χ0v) is 7.87. The average molecular weight is 199 g/mol. The lowest BCUT2D eigenvalue weighted by Crippen LogP contribution is -2.03. The first-order valence-electron chi connectivity index (χ1n) is 4.35. The molecule has 0 amide bonds. The van der Waals surface area contributed by atoms with Crippen molar-refractivity contribution < 1.29 is 9.84 Å². The van der Waals surface area contributed by atoms with Gasteiger partial charge in [0.25, 0.3) is 0 Å². The molecule has 1 N–H and O–H groups in total. The molecule has 0 aromatic heterocycles. The number of hydrogen-bond acceptors (Lipinski definition) is 2. The first kappa shape index (κ1) is 9.00. The molecule has 3 heteroatoms. The Morgan fingerprint density at radius 1 is 1.38 bits per heavy atom. The third-order valence-electron chi connectivity index (χ3n) is 2.22. The maximum absolute atomic E-state index is 9.17. The molecule has 2 rings (SSSR count). The highest BCUT2D eigenvalue weighted by Crippen LogP contribution is 2.32. The summed E-state index contributed by atoms with van der Waals surface area (Å²) in [6, 6.07) is 7.57. The van der Waals surface area contributed by atoms with Crippen molar-refractivity contribution in [3.8, 4) is 0 Å². The van der Waals surface area contributed by atoms with Crippen LogP contribution in [0.1, 0.15) is 24.5 Å². The number of hydrogen-bond donors (Lipinski definition) is 1. The highest BCUT2D eigenvalue weighted by Gasteiger charge is 2.24. The van der Waals surface area contributed by atoms with Crippen LogP contribution in [0.15, 0.2) is 24.3 Å².